The minimum Gasteiger partial charge on any atom is -0.477 e. The zero-order valence-corrected chi connectivity index (χ0v) is 22.3. The number of hydrogen-bond acceptors (Lipinski definition) is 9. The van der Waals surface area contributed by atoms with E-state index < -0.39 is 35.2 Å². The van der Waals surface area contributed by atoms with E-state index in [2.05, 4.69) is 10.3 Å². The quantitative estimate of drug-likeness (QED) is 0.272. The first-order chi connectivity index (χ1) is 17.5. The number of thiazole rings is 1. The van der Waals surface area contributed by atoms with Crippen molar-refractivity contribution in [1.29, 1.82) is 0 Å². The monoisotopic (exact) mass is 542 g/mol. The minimum absolute atomic E-state index is 0.213. The number of carbonyl (C=O) groups is 4. The van der Waals surface area contributed by atoms with Gasteiger partial charge in [0.05, 0.1) is 11.3 Å². The number of carbonyl (C=O) groups excluding carboxylic acids is 3. The van der Waals surface area contributed by atoms with E-state index in [-0.39, 0.29) is 23.6 Å². The molecule has 4 N–H and O–H groups in total. The van der Waals surface area contributed by atoms with Crippen LogP contribution in [0.15, 0.2) is 28.8 Å². The van der Waals surface area contributed by atoms with Crippen molar-refractivity contribution >= 4 is 63.6 Å². The maximum absolute atomic E-state index is 13.5. The molecule has 3 heterocycles. The molecule has 0 bridgehead atoms. The van der Waals surface area contributed by atoms with Crippen LogP contribution < -0.4 is 11.1 Å². The van der Waals surface area contributed by atoms with Crippen LogP contribution in [0.3, 0.4) is 0 Å². The molecule has 10 nitrogen and oxygen atoms in total. The van der Waals surface area contributed by atoms with E-state index in [4.69, 9.17) is 10.5 Å². The lowest BCUT2D eigenvalue weighted by atomic mass is 9.96. The molecule has 1 aromatic carbocycles. The SMILES string of the molecule is CC(=O)OCC1=C(C(=O)O)N2C(=O)C(NC(=O)/C(=C\c3c(C)cc(C)cc3C)c3csc(N)n3)[C@H]2SC1. The molecule has 37 heavy (non-hydrogen) atoms. The number of nitrogens with one attached hydrogen (secondary N) is 1. The molecule has 1 unspecified atom stereocenters. The highest BCUT2D eigenvalue weighted by atomic mass is 32.2. The Morgan fingerprint density at radius 2 is 1.95 bits per heavy atom. The van der Waals surface area contributed by atoms with Crippen molar-refractivity contribution in [2.24, 2.45) is 0 Å². The van der Waals surface area contributed by atoms with E-state index in [1.807, 2.05) is 32.9 Å². The van der Waals surface area contributed by atoms with Gasteiger partial charge in [0.2, 0.25) is 0 Å². The van der Waals surface area contributed by atoms with Crippen LogP contribution in [-0.2, 0) is 23.9 Å². The van der Waals surface area contributed by atoms with Crippen molar-refractivity contribution in [3.8, 4) is 0 Å². The Balaban J connectivity index is 1.62. The number of carboxylic acids is 1. The van der Waals surface area contributed by atoms with Gasteiger partial charge in [-0.15, -0.1) is 23.1 Å². The molecule has 1 aromatic heterocycles. The number of nitrogens with two attached hydrogens (primary N) is 1. The molecule has 0 saturated carbocycles. The van der Waals surface area contributed by atoms with Crippen LogP contribution in [-0.4, -0.2) is 62.5 Å². The number of nitrogens with zero attached hydrogens (tertiary/aromatic N) is 2. The summed E-state index contributed by atoms with van der Waals surface area (Å²) in [6.45, 7) is 6.91. The summed E-state index contributed by atoms with van der Waals surface area (Å²) in [7, 11) is 0. The maximum Gasteiger partial charge on any atom is 0.352 e. The van der Waals surface area contributed by atoms with Crippen LogP contribution in [0.2, 0.25) is 0 Å². The van der Waals surface area contributed by atoms with Gasteiger partial charge in [0.1, 0.15) is 23.7 Å². The van der Waals surface area contributed by atoms with Crippen LogP contribution in [0.4, 0.5) is 5.13 Å². The first kappa shape index (κ1) is 26.4. The largest absolute Gasteiger partial charge is 0.477 e. The van der Waals surface area contributed by atoms with Gasteiger partial charge in [-0.25, -0.2) is 9.78 Å². The van der Waals surface area contributed by atoms with E-state index in [0.717, 1.165) is 27.2 Å². The molecule has 4 rings (SSSR count). The van der Waals surface area contributed by atoms with Gasteiger partial charge >= 0.3 is 11.9 Å². The molecule has 0 radical (unpaired) electrons. The number of thioether (sulfide) groups is 1. The van der Waals surface area contributed by atoms with Crippen LogP contribution in [0.25, 0.3) is 11.6 Å². The number of aromatic nitrogens is 1. The summed E-state index contributed by atoms with van der Waals surface area (Å²) >= 11 is 2.49. The number of aryl methyl sites for hydroxylation is 3. The Morgan fingerprint density at radius 1 is 1.27 bits per heavy atom. The summed E-state index contributed by atoms with van der Waals surface area (Å²) in [5, 5.41) is 13.9. The second-order valence-electron chi connectivity index (χ2n) is 8.84. The number of hydrogen-bond donors (Lipinski definition) is 3. The maximum atomic E-state index is 13.5. The van der Waals surface area contributed by atoms with E-state index in [1.54, 1.807) is 11.5 Å². The predicted molar refractivity (Wildman–Crippen MR) is 141 cm³/mol. The van der Waals surface area contributed by atoms with Gasteiger partial charge in [-0.3, -0.25) is 19.3 Å². The zero-order chi connectivity index (χ0) is 27.0. The number of nitrogen functional groups attached to an aromatic ring is 1. The molecule has 0 spiro atoms. The summed E-state index contributed by atoms with van der Waals surface area (Å²) in [6, 6.07) is 3.10. The van der Waals surface area contributed by atoms with Gasteiger partial charge in [0.15, 0.2) is 5.13 Å². The molecule has 1 saturated heterocycles. The van der Waals surface area contributed by atoms with Crippen molar-refractivity contribution in [3.05, 3.63) is 56.7 Å². The number of esters is 1. The Bertz CT molecular complexity index is 1360. The van der Waals surface area contributed by atoms with E-state index in [0.29, 0.717) is 16.4 Å². The van der Waals surface area contributed by atoms with Crippen LogP contribution in [0.5, 0.6) is 0 Å². The van der Waals surface area contributed by atoms with Crippen LogP contribution in [0, 0.1) is 20.8 Å². The van der Waals surface area contributed by atoms with E-state index >= 15 is 0 Å². The normalized spacial score (nSPS) is 19.3. The molecular formula is C25H26N4O6S2. The molecule has 2 amide bonds. The van der Waals surface area contributed by atoms with Crippen molar-refractivity contribution in [1.82, 2.24) is 15.2 Å². The Labute approximate surface area is 221 Å². The molecule has 12 heteroatoms. The predicted octanol–water partition coefficient (Wildman–Crippen LogP) is 2.49. The second kappa shape index (κ2) is 10.4. The third kappa shape index (κ3) is 5.25. The molecule has 1 fully saturated rings. The lowest BCUT2D eigenvalue weighted by Crippen LogP contribution is -2.70. The molecular weight excluding hydrogens is 516 g/mol. The summed E-state index contributed by atoms with van der Waals surface area (Å²) in [6.07, 6.45) is 1.74. The van der Waals surface area contributed by atoms with Crippen molar-refractivity contribution < 1.29 is 29.0 Å². The fourth-order valence-corrected chi connectivity index (χ4v) is 6.32. The van der Waals surface area contributed by atoms with Gasteiger partial charge < -0.3 is 20.9 Å². The number of carboxylic acid groups (broad SMARTS) is 1. The van der Waals surface area contributed by atoms with E-state index in [9.17, 15) is 24.3 Å². The topological polar surface area (TPSA) is 152 Å². The summed E-state index contributed by atoms with van der Waals surface area (Å²) in [5.74, 6) is -2.68. The molecule has 2 atom stereocenters. The van der Waals surface area contributed by atoms with Gasteiger partial charge in [-0.2, -0.15) is 0 Å². The number of fused-ring (bicyclic) bond motifs is 1. The number of β-lactam (4-membered cyclic amide) rings is 1. The number of benzene rings is 1. The van der Waals surface area contributed by atoms with Crippen molar-refractivity contribution in [3.63, 3.8) is 0 Å². The molecule has 2 aliphatic rings. The lowest BCUT2D eigenvalue weighted by Gasteiger charge is -2.49. The highest BCUT2D eigenvalue weighted by Gasteiger charge is 2.54. The fourth-order valence-electron chi connectivity index (χ4n) is 4.43. The average molecular weight is 543 g/mol. The molecule has 2 aromatic rings. The highest BCUT2D eigenvalue weighted by Crippen LogP contribution is 2.40. The number of amides is 2. The smallest absolute Gasteiger partial charge is 0.352 e. The molecule has 2 aliphatic heterocycles. The molecule has 194 valence electrons. The molecule has 0 aliphatic carbocycles. The van der Waals surface area contributed by atoms with E-state index in [1.165, 1.54) is 30.0 Å². The van der Waals surface area contributed by atoms with Crippen LogP contribution in [0.1, 0.15) is 34.9 Å². The third-order valence-corrected chi connectivity index (χ3v) is 8.07. The van der Waals surface area contributed by atoms with Gasteiger partial charge in [0.25, 0.3) is 11.8 Å². The Morgan fingerprint density at radius 3 is 2.51 bits per heavy atom. The standard InChI is InChI=1S/C25H26N4O6S2/c1-11-5-12(2)16(13(3)6-11)7-17(18-10-37-25(26)27-18)21(31)28-19-22(32)29-20(24(33)34)15(8-35-14(4)30)9-36-23(19)29/h5-7,10,19,23H,8-9H2,1-4H3,(H2,26,27)(H,28,31)(H,33,34)/b17-7-/t19?,23-/m1/s1. The lowest BCUT2D eigenvalue weighted by molar-refractivity contribution is -0.150. The van der Waals surface area contributed by atoms with Crippen molar-refractivity contribution in [2.75, 3.05) is 18.1 Å². The highest BCUT2D eigenvalue weighted by molar-refractivity contribution is 8.00. The Hall–Kier alpha value is -3.64. The van der Waals surface area contributed by atoms with Gasteiger partial charge in [-0.1, -0.05) is 17.7 Å². The van der Waals surface area contributed by atoms with Gasteiger partial charge in [-0.05, 0) is 43.5 Å². The Kier molecular flexibility index (Phi) is 7.42. The first-order valence-electron chi connectivity index (χ1n) is 11.3. The third-order valence-electron chi connectivity index (χ3n) is 6.06. The number of aliphatic carboxylic acids is 1. The summed E-state index contributed by atoms with van der Waals surface area (Å²) in [4.78, 5) is 55.1. The van der Waals surface area contributed by atoms with Gasteiger partial charge in [0, 0.05) is 23.6 Å². The summed E-state index contributed by atoms with van der Waals surface area (Å²) in [5.41, 5.74) is 10.5. The first-order valence-corrected chi connectivity index (χ1v) is 13.3. The average Bonchev–Trinajstić information content (AvgIpc) is 3.25. The van der Waals surface area contributed by atoms with Crippen LogP contribution >= 0.6 is 23.1 Å². The zero-order valence-electron chi connectivity index (χ0n) is 20.7. The van der Waals surface area contributed by atoms with Crippen molar-refractivity contribution in [2.45, 2.75) is 39.1 Å². The second-order valence-corrected chi connectivity index (χ2v) is 10.8. The number of rotatable bonds is 7. The minimum atomic E-state index is -1.30. The summed E-state index contributed by atoms with van der Waals surface area (Å²) < 4.78 is 4.96. The number of ether oxygens (including phenoxy) is 1. The number of anilines is 1. The fraction of sp³-hybridized carbons (Fsp3) is 0.320.